The number of esters is 1. The fraction of sp³-hybridized carbons (Fsp3) is 0.214. The molecule has 0 fully saturated rings. The Kier molecular flexibility index (Phi) is 6.70. The molecule has 0 bridgehead atoms. The Bertz CT molecular complexity index is 1730. The highest BCUT2D eigenvalue weighted by Crippen LogP contribution is 2.34. The molecule has 4 aromatic rings. The monoisotopic (exact) mass is 532 g/mol. The zero-order chi connectivity index (χ0) is 26.3. The number of nitrogens with zero attached hydrogens (tertiary/aromatic N) is 4. The van der Waals surface area contributed by atoms with E-state index in [1.165, 1.54) is 11.3 Å². The highest BCUT2D eigenvalue weighted by atomic mass is 35.5. The number of carbonyl (C=O) groups excluding carboxylic acids is 1. The number of rotatable bonds is 5. The largest absolute Gasteiger partial charge is 0.463 e. The van der Waals surface area contributed by atoms with Gasteiger partial charge >= 0.3 is 5.97 Å². The second-order valence-corrected chi connectivity index (χ2v) is 10.1. The summed E-state index contributed by atoms with van der Waals surface area (Å²) in [5.41, 5.74) is 4.72. The van der Waals surface area contributed by atoms with E-state index in [2.05, 4.69) is 4.99 Å². The number of ether oxygens (including phenoxy) is 1. The first-order valence-electron chi connectivity index (χ1n) is 11.9. The van der Waals surface area contributed by atoms with Crippen LogP contribution in [0.4, 0.5) is 0 Å². The highest BCUT2D eigenvalue weighted by molar-refractivity contribution is 7.07. The molecule has 5 rings (SSSR count). The molecule has 7 nitrogen and oxygen atoms in total. The van der Waals surface area contributed by atoms with E-state index >= 15 is 0 Å². The number of fused-ring (bicyclic) bond motifs is 1. The van der Waals surface area contributed by atoms with Crippen LogP contribution in [0.2, 0.25) is 5.02 Å². The Labute approximate surface area is 222 Å². The molecule has 0 N–H and O–H groups in total. The maximum atomic E-state index is 13.9. The molecule has 0 saturated carbocycles. The molecule has 1 aliphatic rings. The van der Waals surface area contributed by atoms with Gasteiger partial charge in [-0.2, -0.15) is 5.10 Å². The van der Waals surface area contributed by atoms with Gasteiger partial charge in [0.15, 0.2) is 4.80 Å². The van der Waals surface area contributed by atoms with Gasteiger partial charge in [0, 0.05) is 16.3 Å². The van der Waals surface area contributed by atoms with Gasteiger partial charge < -0.3 is 4.74 Å². The Morgan fingerprint density at radius 3 is 2.51 bits per heavy atom. The lowest BCUT2D eigenvalue weighted by molar-refractivity contribution is -0.139. The molecule has 188 valence electrons. The summed E-state index contributed by atoms with van der Waals surface area (Å²) in [4.78, 5) is 32.0. The van der Waals surface area contributed by atoms with Crippen molar-refractivity contribution in [2.24, 2.45) is 4.99 Å². The standard InChI is InChI=1S/C28H25ClN4O3S/c1-5-36-27(35)24-17(3)30-28-32(25(24)20-13-9-10-14-22(20)29)26(34)23(37-28)15-21-16(2)31-33(18(21)4)19-11-7-6-8-12-19/h6-15,25H,5H2,1-4H3/b23-15+/t25-/m0/s1. The van der Waals surface area contributed by atoms with E-state index in [-0.39, 0.29) is 12.2 Å². The van der Waals surface area contributed by atoms with Crippen molar-refractivity contribution in [2.75, 3.05) is 6.61 Å². The molecule has 2 aromatic carbocycles. The van der Waals surface area contributed by atoms with Gasteiger partial charge in [-0.05, 0) is 57.5 Å². The summed E-state index contributed by atoms with van der Waals surface area (Å²) in [6.07, 6.45) is 1.86. The normalized spacial score (nSPS) is 15.5. The summed E-state index contributed by atoms with van der Waals surface area (Å²) in [5.74, 6) is -0.515. The van der Waals surface area contributed by atoms with Crippen LogP contribution in [0.25, 0.3) is 11.8 Å². The van der Waals surface area contributed by atoms with E-state index < -0.39 is 12.0 Å². The minimum absolute atomic E-state index is 0.208. The zero-order valence-electron chi connectivity index (χ0n) is 20.9. The Hall–Kier alpha value is -3.75. The van der Waals surface area contributed by atoms with Crippen LogP contribution < -0.4 is 14.9 Å². The first-order chi connectivity index (χ1) is 17.8. The minimum Gasteiger partial charge on any atom is -0.463 e. The summed E-state index contributed by atoms with van der Waals surface area (Å²) >= 11 is 7.85. The van der Waals surface area contributed by atoms with Crippen molar-refractivity contribution in [2.45, 2.75) is 33.7 Å². The predicted molar refractivity (Wildman–Crippen MR) is 145 cm³/mol. The Morgan fingerprint density at radius 1 is 1.11 bits per heavy atom. The Balaban J connectivity index is 1.72. The van der Waals surface area contributed by atoms with Crippen LogP contribution in [-0.2, 0) is 9.53 Å². The van der Waals surface area contributed by atoms with Crippen molar-refractivity contribution < 1.29 is 9.53 Å². The van der Waals surface area contributed by atoms with E-state index in [4.69, 9.17) is 21.4 Å². The van der Waals surface area contributed by atoms with Gasteiger partial charge in [-0.3, -0.25) is 9.36 Å². The molecule has 1 aliphatic heterocycles. The van der Waals surface area contributed by atoms with Gasteiger partial charge in [0.2, 0.25) is 0 Å². The van der Waals surface area contributed by atoms with Crippen molar-refractivity contribution in [3.05, 3.63) is 113 Å². The van der Waals surface area contributed by atoms with Crippen molar-refractivity contribution >= 4 is 35.0 Å². The maximum Gasteiger partial charge on any atom is 0.338 e. The molecule has 0 spiro atoms. The summed E-state index contributed by atoms with van der Waals surface area (Å²) < 4.78 is 9.25. The number of benzene rings is 2. The van der Waals surface area contributed by atoms with Gasteiger partial charge in [0.25, 0.3) is 5.56 Å². The van der Waals surface area contributed by atoms with Crippen molar-refractivity contribution in [1.82, 2.24) is 14.3 Å². The Morgan fingerprint density at radius 2 is 1.81 bits per heavy atom. The van der Waals surface area contributed by atoms with Gasteiger partial charge in [0.05, 0.1) is 33.8 Å². The van der Waals surface area contributed by atoms with Crippen molar-refractivity contribution in [3.63, 3.8) is 0 Å². The lowest BCUT2D eigenvalue weighted by Gasteiger charge is -2.25. The minimum atomic E-state index is -0.750. The van der Waals surface area contributed by atoms with Crippen LogP contribution >= 0.6 is 22.9 Å². The molecule has 0 radical (unpaired) electrons. The van der Waals surface area contributed by atoms with Gasteiger partial charge in [-0.25, -0.2) is 14.5 Å². The quantitative estimate of drug-likeness (QED) is 0.360. The van der Waals surface area contributed by atoms with E-state index in [9.17, 15) is 9.59 Å². The summed E-state index contributed by atoms with van der Waals surface area (Å²) in [6.45, 7) is 7.61. The smallest absolute Gasteiger partial charge is 0.338 e. The molecule has 9 heteroatoms. The van der Waals surface area contributed by atoms with Crippen LogP contribution in [0.5, 0.6) is 0 Å². The number of aryl methyl sites for hydroxylation is 1. The molecular formula is C28H25ClN4O3S. The average Bonchev–Trinajstić information content (AvgIpc) is 3.34. The summed E-state index contributed by atoms with van der Waals surface area (Å²) in [6, 6.07) is 16.3. The van der Waals surface area contributed by atoms with E-state index in [1.807, 2.05) is 73.1 Å². The summed E-state index contributed by atoms with van der Waals surface area (Å²) in [7, 11) is 0. The van der Waals surface area contributed by atoms with Gasteiger partial charge in [-0.1, -0.05) is 59.3 Å². The van der Waals surface area contributed by atoms with Crippen LogP contribution in [0.1, 0.15) is 42.4 Å². The number of hydrogen-bond donors (Lipinski definition) is 0. The molecule has 1 atom stereocenters. The second kappa shape index (κ2) is 9.95. The fourth-order valence-electron chi connectivity index (χ4n) is 4.60. The van der Waals surface area contributed by atoms with E-state index in [0.29, 0.717) is 31.2 Å². The lowest BCUT2D eigenvalue weighted by Crippen LogP contribution is -2.40. The number of para-hydroxylation sites is 1. The molecule has 3 heterocycles. The van der Waals surface area contributed by atoms with Crippen LogP contribution in [0.15, 0.2) is 75.7 Å². The molecular weight excluding hydrogens is 508 g/mol. The topological polar surface area (TPSA) is 78.5 Å². The van der Waals surface area contributed by atoms with Crippen molar-refractivity contribution in [1.29, 1.82) is 0 Å². The second-order valence-electron chi connectivity index (χ2n) is 8.66. The van der Waals surface area contributed by atoms with Crippen LogP contribution in [0, 0.1) is 13.8 Å². The summed E-state index contributed by atoms with van der Waals surface area (Å²) in [5, 5.41) is 5.15. The van der Waals surface area contributed by atoms with E-state index in [0.717, 1.165) is 22.6 Å². The van der Waals surface area contributed by atoms with Gasteiger partial charge in [0.1, 0.15) is 6.04 Å². The van der Waals surface area contributed by atoms with Crippen LogP contribution in [0.3, 0.4) is 0 Å². The molecule has 2 aromatic heterocycles. The molecule has 37 heavy (non-hydrogen) atoms. The number of aromatic nitrogens is 3. The lowest BCUT2D eigenvalue weighted by atomic mass is 9.96. The third-order valence-electron chi connectivity index (χ3n) is 6.34. The molecule has 0 aliphatic carbocycles. The predicted octanol–water partition coefficient (Wildman–Crippen LogP) is 4.25. The molecule has 0 amide bonds. The zero-order valence-corrected chi connectivity index (χ0v) is 22.4. The third-order valence-corrected chi connectivity index (χ3v) is 7.67. The first kappa shape index (κ1) is 24.9. The first-order valence-corrected chi connectivity index (χ1v) is 13.1. The van der Waals surface area contributed by atoms with E-state index in [1.54, 1.807) is 24.5 Å². The SMILES string of the molecule is CCOC(=O)C1=C(C)N=c2s/c(=C/c3c(C)nn(-c4ccccc4)c3C)c(=O)n2[C@H]1c1ccccc1Cl. The molecule has 0 saturated heterocycles. The number of halogens is 1. The molecule has 0 unspecified atom stereocenters. The van der Waals surface area contributed by atoms with Crippen LogP contribution in [-0.4, -0.2) is 26.9 Å². The van der Waals surface area contributed by atoms with Gasteiger partial charge in [-0.15, -0.1) is 0 Å². The average molecular weight is 533 g/mol. The number of thiazole rings is 1. The number of hydrogen-bond acceptors (Lipinski definition) is 6. The van der Waals surface area contributed by atoms with Crippen molar-refractivity contribution in [3.8, 4) is 5.69 Å². The number of carbonyl (C=O) groups is 1. The fourth-order valence-corrected chi connectivity index (χ4v) is 5.87. The highest BCUT2D eigenvalue weighted by Gasteiger charge is 2.34. The maximum absolute atomic E-state index is 13.9. The number of allylic oxidation sites excluding steroid dienone is 1. The third kappa shape index (κ3) is 4.36.